The molecule has 6 aromatic rings. The summed E-state index contributed by atoms with van der Waals surface area (Å²) in [7, 11) is 0. The fourth-order valence-electron chi connectivity index (χ4n) is 4.94. The molecule has 2 aromatic carbocycles. The van der Waals surface area contributed by atoms with Gasteiger partial charge in [0.05, 0.1) is 28.4 Å². The summed E-state index contributed by atoms with van der Waals surface area (Å²) in [4.78, 5) is 14.0. The number of fused-ring (bicyclic) bond motifs is 4. The second-order valence-electron chi connectivity index (χ2n) is 8.94. The smallest absolute Gasteiger partial charge is 0.230 e. The Bertz CT molecular complexity index is 1760. The van der Waals surface area contributed by atoms with E-state index in [0.717, 1.165) is 33.6 Å². The van der Waals surface area contributed by atoms with E-state index >= 15 is 0 Å². The van der Waals surface area contributed by atoms with E-state index in [0.29, 0.717) is 34.7 Å². The first-order valence-electron chi connectivity index (χ1n) is 11.9. The highest BCUT2D eigenvalue weighted by atomic mass is 35.5. The van der Waals surface area contributed by atoms with Crippen molar-refractivity contribution < 1.29 is 4.74 Å². The zero-order chi connectivity index (χ0) is 24.9. The van der Waals surface area contributed by atoms with Crippen LogP contribution in [-0.2, 0) is 6.42 Å². The van der Waals surface area contributed by atoms with Crippen LogP contribution in [0.1, 0.15) is 39.7 Å². The Hall–Kier alpha value is -4.56. The van der Waals surface area contributed by atoms with Crippen LogP contribution in [0.5, 0.6) is 11.8 Å². The van der Waals surface area contributed by atoms with E-state index in [9.17, 15) is 0 Å². The highest BCUT2D eigenvalue weighted by Gasteiger charge is 2.38. The van der Waals surface area contributed by atoms with E-state index in [2.05, 4.69) is 28.2 Å². The molecule has 7 rings (SSSR count). The Balaban J connectivity index is 1.44. The van der Waals surface area contributed by atoms with Gasteiger partial charge in [-0.1, -0.05) is 54.1 Å². The van der Waals surface area contributed by atoms with Gasteiger partial charge in [-0.3, -0.25) is 4.98 Å². The van der Waals surface area contributed by atoms with Gasteiger partial charge in [0.15, 0.2) is 11.5 Å². The number of halogens is 1. The van der Waals surface area contributed by atoms with Crippen molar-refractivity contribution in [2.45, 2.75) is 19.3 Å². The maximum atomic E-state index is 6.46. The Kier molecular flexibility index (Phi) is 5.00. The number of aryl methyl sites for hydroxylation is 1. The maximum Gasteiger partial charge on any atom is 0.230 e. The van der Waals surface area contributed by atoms with Crippen molar-refractivity contribution in [3.05, 3.63) is 124 Å². The van der Waals surface area contributed by atoms with Gasteiger partial charge in [-0.15, -0.1) is 5.10 Å². The third-order valence-corrected chi connectivity index (χ3v) is 6.77. The van der Waals surface area contributed by atoms with Crippen LogP contribution in [0.25, 0.3) is 11.3 Å². The lowest BCUT2D eigenvalue weighted by molar-refractivity contribution is 0.402. The largest absolute Gasteiger partial charge is 0.420 e. The second-order valence-corrected chi connectivity index (χ2v) is 9.38. The molecule has 1 aliphatic heterocycles. The van der Waals surface area contributed by atoms with E-state index in [1.54, 1.807) is 21.7 Å². The van der Waals surface area contributed by atoms with Gasteiger partial charge in [0.2, 0.25) is 11.8 Å². The zero-order valence-electron chi connectivity index (χ0n) is 19.8. The number of benzene rings is 2. The van der Waals surface area contributed by atoms with E-state index in [-0.39, 0.29) is 5.92 Å². The zero-order valence-corrected chi connectivity index (χ0v) is 20.5. The van der Waals surface area contributed by atoms with Crippen molar-refractivity contribution in [1.29, 1.82) is 0 Å². The number of rotatable bonds is 4. The van der Waals surface area contributed by atoms with Gasteiger partial charge in [-0.2, -0.15) is 5.10 Å². The molecule has 0 bridgehead atoms. The first-order chi connectivity index (χ1) is 18.2. The molecule has 0 saturated heterocycles. The summed E-state index contributed by atoms with van der Waals surface area (Å²) >= 11 is 6.30. The standard InChI is InChI=1S/C28H20ClN7O/c1-17-23-24(19-9-6-12-30-15-19)25-26-32-22(13-18-7-3-2-4-8-18)34-35(26)16-31-27(25)37-28(23)36(33-17)21-11-5-10-20(29)14-21/h2-12,14-16,24H,13H2,1H3/t24-/m1/s1. The van der Waals surface area contributed by atoms with Crippen molar-refractivity contribution in [1.82, 2.24) is 34.3 Å². The van der Waals surface area contributed by atoms with Crippen LogP contribution in [0.15, 0.2) is 85.5 Å². The SMILES string of the molecule is Cc1nn(-c2cccc(Cl)c2)c2c1[C@@H](c1cccnc1)c1c(ncn3nc(Cc4ccccc4)nc13)O2. The minimum Gasteiger partial charge on any atom is -0.420 e. The maximum absolute atomic E-state index is 6.46. The molecule has 8 nitrogen and oxygen atoms in total. The summed E-state index contributed by atoms with van der Waals surface area (Å²) in [5.41, 5.74) is 6.24. The molecular weight excluding hydrogens is 486 g/mol. The summed E-state index contributed by atoms with van der Waals surface area (Å²) in [5, 5.41) is 10.2. The molecular formula is C28H20ClN7O. The van der Waals surface area contributed by atoms with Gasteiger partial charge in [0.25, 0.3) is 0 Å². The molecule has 0 amide bonds. The lowest BCUT2D eigenvalue weighted by Crippen LogP contribution is -2.16. The third kappa shape index (κ3) is 3.65. The molecule has 180 valence electrons. The first-order valence-corrected chi connectivity index (χ1v) is 12.2. The average Bonchev–Trinajstić information content (AvgIpc) is 3.49. The molecule has 4 aromatic heterocycles. The summed E-state index contributed by atoms with van der Waals surface area (Å²) in [5.74, 6) is 1.53. The Labute approximate surface area is 217 Å². The van der Waals surface area contributed by atoms with Crippen LogP contribution in [0, 0.1) is 6.92 Å². The summed E-state index contributed by atoms with van der Waals surface area (Å²) < 4.78 is 9.96. The van der Waals surface area contributed by atoms with Crippen LogP contribution < -0.4 is 4.74 Å². The molecule has 1 atom stereocenters. The van der Waals surface area contributed by atoms with Crippen molar-refractivity contribution >= 4 is 17.2 Å². The van der Waals surface area contributed by atoms with Crippen molar-refractivity contribution in [3.63, 3.8) is 0 Å². The van der Waals surface area contributed by atoms with Crippen LogP contribution in [-0.4, -0.2) is 34.3 Å². The molecule has 0 spiro atoms. The number of pyridine rings is 1. The van der Waals surface area contributed by atoms with Crippen molar-refractivity contribution in [2.24, 2.45) is 0 Å². The van der Waals surface area contributed by atoms with Gasteiger partial charge in [0, 0.05) is 23.8 Å². The highest BCUT2D eigenvalue weighted by Crippen LogP contribution is 2.49. The van der Waals surface area contributed by atoms with E-state index in [4.69, 9.17) is 31.5 Å². The van der Waals surface area contributed by atoms with Gasteiger partial charge in [0.1, 0.15) is 6.33 Å². The quantitative estimate of drug-likeness (QED) is 0.312. The third-order valence-electron chi connectivity index (χ3n) is 6.54. The van der Waals surface area contributed by atoms with Gasteiger partial charge >= 0.3 is 0 Å². The van der Waals surface area contributed by atoms with Crippen LogP contribution >= 0.6 is 11.6 Å². The molecule has 0 radical (unpaired) electrons. The Morgan fingerprint density at radius 3 is 2.68 bits per heavy atom. The van der Waals surface area contributed by atoms with Crippen LogP contribution in [0.4, 0.5) is 0 Å². The summed E-state index contributed by atoms with van der Waals surface area (Å²) in [6.45, 7) is 1.98. The number of aromatic nitrogens is 7. The van der Waals surface area contributed by atoms with Crippen LogP contribution in [0.3, 0.4) is 0 Å². The van der Waals surface area contributed by atoms with Gasteiger partial charge < -0.3 is 4.74 Å². The molecule has 0 fully saturated rings. The van der Waals surface area contributed by atoms with Crippen LogP contribution in [0.2, 0.25) is 5.02 Å². The Morgan fingerprint density at radius 2 is 1.86 bits per heavy atom. The molecule has 9 heteroatoms. The predicted molar refractivity (Wildman–Crippen MR) is 139 cm³/mol. The molecule has 1 aliphatic rings. The minimum absolute atomic E-state index is 0.245. The van der Waals surface area contributed by atoms with E-state index in [1.165, 1.54) is 0 Å². The highest BCUT2D eigenvalue weighted by molar-refractivity contribution is 6.30. The molecule has 37 heavy (non-hydrogen) atoms. The lowest BCUT2D eigenvalue weighted by atomic mass is 9.85. The topological polar surface area (TPSA) is 83.0 Å². The minimum atomic E-state index is -0.245. The van der Waals surface area contributed by atoms with E-state index in [1.807, 2.05) is 61.7 Å². The normalized spacial score (nSPS) is 14.3. The number of ether oxygens (including phenoxy) is 1. The predicted octanol–water partition coefficient (Wildman–Crippen LogP) is 5.54. The van der Waals surface area contributed by atoms with Gasteiger partial charge in [-0.25, -0.2) is 19.2 Å². The van der Waals surface area contributed by atoms with E-state index < -0.39 is 0 Å². The first kappa shape index (κ1) is 21.7. The van der Waals surface area contributed by atoms with Crippen molar-refractivity contribution in [3.8, 4) is 17.4 Å². The Morgan fingerprint density at radius 1 is 0.973 bits per heavy atom. The molecule has 0 unspecified atom stereocenters. The molecule has 0 saturated carbocycles. The number of hydrogen-bond acceptors (Lipinski definition) is 6. The fraction of sp³-hybridized carbons (Fsp3) is 0.107. The van der Waals surface area contributed by atoms with Crippen molar-refractivity contribution in [2.75, 3.05) is 0 Å². The number of nitrogens with zero attached hydrogens (tertiary/aromatic N) is 7. The molecule has 0 aliphatic carbocycles. The number of hydrogen-bond donors (Lipinski definition) is 0. The summed E-state index contributed by atoms with van der Waals surface area (Å²) in [6, 6.07) is 21.7. The summed E-state index contributed by atoms with van der Waals surface area (Å²) in [6.07, 6.45) is 5.89. The molecule has 5 heterocycles. The molecule has 0 N–H and O–H groups in total. The monoisotopic (exact) mass is 505 g/mol. The average molecular weight is 506 g/mol. The fourth-order valence-corrected chi connectivity index (χ4v) is 5.12. The van der Waals surface area contributed by atoms with Gasteiger partial charge in [-0.05, 0) is 42.3 Å². The second kappa shape index (κ2) is 8.53. The lowest BCUT2D eigenvalue weighted by Gasteiger charge is -2.26.